The Morgan fingerprint density at radius 2 is 1.74 bits per heavy atom. The van der Waals surface area contributed by atoms with Crippen molar-refractivity contribution < 1.29 is 9.72 Å². The van der Waals surface area contributed by atoms with E-state index in [0.29, 0.717) is 11.3 Å². The monoisotopic (exact) mass is 425 g/mol. The van der Waals surface area contributed by atoms with Crippen LogP contribution in [0.5, 0.6) is 0 Å². The first kappa shape index (κ1) is 18.7. The molecule has 0 aliphatic heterocycles. The van der Waals surface area contributed by atoms with Gasteiger partial charge in [0, 0.05) is 16.6 Å². The van der Waals surface area contributed by atoms with Gasteiger partial charge < -0.3 is 0 Å². The number of rotatable bonds is 5. The van der Waals surface area contributed by atoms with Crippen molar-refractivity contribution in [2.24, 2.45) is 5.10 Å². The number of nitro benzene ring substituents is 1. The van der Waals surface area contributed by atoms with Crippen LogP contribution in [0.25, 0.3) is 10.8 Å². The number of nitrogens with one attached hydrogen (secondary N) is 1. The van der Waals surface area contributed by atoms with Gasteiger partial charge >= 0.3 is 0 Å². The molecule has 3 aromatic rings. The highest BCUT2D eigenvalue weighted by Crippen LogP contribution is 2.27. The van der Waals surface area contributed by atoms with Crippen LogP contribution < -0.4 is 5.43 Å². The number of hydrazone groups is 1. The number of fused-ring (bicyclic) bond motifs is 1. The Hall–Kier alpha value is -3.06. The third kappa shape index (κ3) is 4.38. The zero-order valence-electron chi connectivity index (χ0n) is 14.5. The smallest absolute Gasteiger partial charge is 0.269 e. The molecule has 0 saturated heterocycles. The van der Waals surface area contributed by atoms with Gasteiger partial charge in [0.1, 0.15) is 0 Å². The lowest BCUT2D eigenvalue weighted by Gasteiger charge is -2.08. The SMILES string of the molecule is C/C(=N\NC(=O)Cc1ccc(Br)c2ccccc12)c1ccc([N+](=O)[O-])cc1. The Balaban J connectivity index is 1.72. The molecule has 0 bridgehead atoms. The van der Waals surface area contributed by atoms with Gasteiger partial charge in [0.25, 0.3) is 5.69 Å². The second-order valence-electron chi connectivity index (χ2n) is 5.97. The fourth-order valence-electron chi connectivity index (χ4n) is 2.73. The molecule has 3 rings (SSSR count). The molecule has 1 N–H and O–H groups in total. The van der Waals surface area contributed by atoms with Gasteiger partial charge in [-0.15, -0.1) is 0 Å². The molecule has 3 aromatic carbocycles. The fourth-order valence-corrected chi connectivity index (χ4v) is 3.20. The van der Waals surface area contributed by atoms with E-state index in [4.69, 9.17) is 0 Å². The van der Waals surface area contributed by atoms with E-state index in [1.807, 2.05) is 36.4 Å². The minimum Gasteiger partial charge on any atom is -0.273 e. The lowest BCUT2D eigenvalue weighted by molar-refractivity contribution is -0.384. The molecule has 0 fully saturated rings. The molecule has 0 radical (unpaired) electrons. The Labute approximate surface area is 164 Å². The van der Waals surface area contributed by atoms with Crippen LogP contribution >= 0.6 is 15.9 Å². The average Bonchev–Trinajstić information content (AvgIpc) is 2.68. The standard InChI is InChI=1S/C20H16BrN3O3/c1-13(14-6-9-16(10-7-14)24(26)27)22-23-20(25)12-15-8-11-19(21)18-5-3-2-4-17(15)18/h2-11H,12H2,1H3,(H,23,25)/b22-13+. The van der Waals surface area contributed by atoms with Gasteiger partial charge in [-0.3, -0.25) is 14.9 Å². The first-order valence-electron chi connectivity index (χ1n) is 8.20. The summed E-state index contributed by atoms with van der Waals surface area (Å²) in [6, 6.07) is 17.7. The summed E-state index contributed by atoms with van der Waals surface area (Å²) < 4.78 is 0.981. The normalized spacial score (nSPS) is 11.4. The Kier molecular flexibility index (Phi) is 5.61. The summed E-state index contributed by atoms with van der Waals surface area (Å²) in [6.45, 7) is 1.73. The van der Waals surface area contributed by atoms with Crippen LogP contribution in [0.3, 0.4) is 0 Å². The van der Waals surface area contributed by atoms with Gasteiger partial charge in [0.2, 0.25) is 5.91 Å². The van der Waals surface area contributed by atoms with Crippen molar-refractivity contribution in [3.05, 3.63) is 86.4 Å². The van der Waals surface area contributed by atoms with Gasteiger partial charge in [0.15, 0.2) is 0 Å². The van der Waals surface area contributed by atoms with E-state index in [1.165, 1.54) is 12.1 Å². The van der Waals surface area contributed by atoms with Gasteiger partial charge in [-0.2, -0.15) is 5.10 Å². The number of nitro groups is 1. The lowest BCUT2D eigenvalue weighted by atomic mass is 10.0. The van der Waals surface area contributed by atoms with Crippen molar-refractivity contribution in [2.75, 3.05) is 0 Å². The maximum atomic E-state index is 12.3. The zero-order chi connectivity index (χ0) is 19.4. The summed E-state index contributed by atoms with van der Waals surface area (Å²) in [5.74, 6) is -0.233. The molecule has 136 valence electrons. The molecule has 27 heavy (non-hydrogen) atoms. The highest BCUT2D eigenvalue weighted by Gasteiger charge is 2.09. The van der Waals surface area contributed by atoms with Crippen LogP contribution in [0.1, 0.15) is 18.1 Å². The van der Waals surface area contributed by atoms with Crippen molar-refractivity contribution in [1.82, 2.24) is 5.43 Å². The van der Waals surface area contributed by atoms with E-state index >= 15 is 0 Å². The maximum Gasteiger partial charge on any atom is 0.269 e. The summed E-state index contributed by atoms with van der Waals surface area (Å²) in [6.07, 6.45) is 0.199. The Morgan fingerprint density at radius 1 is 1.07 bits per heavy atom. The first-order chi connectivity index (χ1) is 13.0. The number of hydrogen-bond acceptors (Lipinski definition) is 4. The molecule has 0 unspecified atom stereocenters. The molecule has 0 aliphatic rings. The van der Waals surface area contributed by atoms with Gasteiger partial charge in [0.05, 0.1) is 17.1 Å². The number of amides is 1. The molecule has 0 atom stereocenters. The van der Waals surface area contributed by atoms with Crippen molar-refractivity contribution >= 4 is 44.0 Å². The summed E-state index contributed by atoms with van der Waals surface area (Å²) in [7, 11) is 0. The topological polar surface area (TPSA) is 84.6 Å². The summed E-state index contributed by atoms with van der Waals surface area (Å²) in [5, 5.41) is 16.9. The third-order valence-electron chi connectivity index (χ3n) is 4.16. The van der Waals surface area contributed by atoms with E-state index in [1.54, 1.807) is 19.1 Å². The number of carbonyl (C=O) groups excluding carboxylic acids is 1. The molecule has 1 amide bonds. The Bertz CT molecular complexity index is 1050. The predicted molar refractivity (Wildman–Crippen MR) is 109 cm³/mol. The number of carbonyl (C=O) groups is 1. The van der Waals surface area contributed by atoms with Crippen molar-refractivity contribution in [2.45, 2.75) is 13.3 Å². The minimum atomic E-state index is -0.458. The number of hydrogen-bond donors (Lipinski definition) is 1. The van der Waals surface area contributed by atoms with E-state index in [0.717, 1.165) is 20.8 Å². The molecule has 0 aliphatic carbocycles. The molecule has 6 nitrogen and oxygen atoms in total. The minimum absolute atomic E-state index is 0.0118. The lowest BCUT2D eigenvalue weighted by Crippen LogP contribution is -2.21. The summed E-state index contributed by atoms with van der Waals surface area (Å²) in [4.78, 5) is 22.5. The van der Waals surface area contributed by atoms with Crippen LogP contribution in [0.15, 0.2) is 70.2 Å². The summed E-state index contributed by atoms with van der Waals surface area (Å²) >= 11 is 3.52. The maximum absolute atomic E-state index is 12.3. The zero-order valence-corrected chi connectivity index (χ0v) is 16.1. The first-order valence-corrected chi connectivity index (χ1v) is 8.99. The van der Waals surface area contributed by atoms with Gasteiger partial charge in [-0.25, -0.2) is 5.43 Å². The van der Waals surface area contributed by atoms with E-state index in [-0.39, 0.29) is 18.0 Å². The van der Waals surface area contributed by atoms with Crippen LogP contribution in [0, 0.1) is 10.1 Å². The van der Waals surface area contributed by atoms with E-state index in [9.17, 15) is 14.9 Å². The number of non-ortho nitro benzene ring substituents is 1. The molecular formula is C20H16BrN3O3. The molecule has 0 heterocycles. The highest BCUT2D eigenvalue weighted by atomic mass is 79.9. The predicted octanol–water partition coefficient (Wildman–Crippen LogP) is 4.59. The quantitative estimate of drug-likeness (QED) is 0.368. The molecular weight excluding hydrogens is 410 g/mol. The largest absolute Gasteiger partial charge is 0.273 e. The average molecular weight is 426 g/mol. The van der Waals surface area contributed by atoms with Gasteiger partial charge in [-0.05, 0) is 47.0 Å². The third-order valence-corrected chi connectivity index (χ3v) is 4.85. The number of nitrogens with zero attached hydrogens (tertiary/aromatic N) is 2. The van der Waals surface area contributed by atoms with Gasteiger partial charge in [-0.1, -0.05) is 46.3 Å². The van der Waals surface area contributed by atoms with Crippen molar-refractivity contribution in [1.29, 1.82) is 0 Å². The highest BCUT2D eigenvalue weighted by molar-refractivity contribution is 9.10. The second-order valence-corrected chi connectivity index (χ2v) is 6.82. The molecule has 0 aromatic heterocycles. The van der Waals surface area contributed by atoms with Crippen LogP contribution in [0.2, 0.25) is 0 Å². The fraction of sp³-hybridized carbons (Fsp3) is 0.100. The van der Waals surface area contributed by atoms with E-state index in [2.05, 4.69) is 26.5 Å². The Morgan fingerprint density at radius 3 is 2.41 bits per heavy atom. The second kappa shape index (κ2) is 8.09. The molecule has 7 heteroatoms. The number of halogens is 1. The van der Waals surface area contributed by atoms with Crippen LogP contribution in [-0.4, -0.2) is 16.5 Å². The molecule has 0 spiro atoms. The molecule has 0 saturated carbocycles. The van der Waals surface area contributed by atoms with Crippen LogP contribution in [0.4, 0.5) is 5.69 Å². The van der Waals surface area contributed by atoms with Crippen molar-refractivity contribution in [3.8, 4) is 0 Å². The van der Waals surface area contributed by atoms with Crippen molar-refractivity contribution in [3.63, 3.8) is 0 Å². The van der Waals surface area contributed by atoms with E-state index < -0.39 is 4.92 Å². The summed E-state index contributed by atoms with van der Waals surface area (Å²) in [5.41, 5.74) is 4.74. The van der Waals surface area contributed by atoms with Crippen LogP contribution in [-0.2, 0) is 11.2 Å². The number of benzene rings is 3.